The molecule has 1 aromatic carbocycles. The van der Waals surface area contributed by atoms with Gasteiger partial charge in [-0.05, 0) is 6.92 Å². The van der Waals surface area contributed by atoms with Gasteiger partial charge in [0.1, 0.15) is 27.1 Å². The number of nitrogen functional groups attached to an aromatic ring is 1. The first-order valence-electron chi connectivity index (χ1n) is 5.83. The Balaban J connectivity index is 2.67. The molecule has 5 nitrogen and oxygen atoms in total. The smallest absolute Gasteiger partial charge is 0.343 e. The highest BCUT2D eigenvalue weighted by atomic mass is 35.5. The van der Waals surface area contributed by atoms with Crippen LogP contribution in [0.5, 0.6) is 0 Å². The second-order valence-corrected chi connectivity index (χ2v) is 4.75. The standard InChI is InChI=1S/C12H8Cl2F3N3O2/c1-2-22-12(21)4-3-19-20(11(4)18)10-6(14)7(15)5(13)8(16)9(10)17/h3H,2,18H2,1H3. The summed E-state index contributed by atoms with van der Waals surface area (Å²) in [6, 6.07) is 0. The van der Waals surface area contributed by atoms with Crippen LogP contribution in [0.4, 0.5) is 19.0 Å². The number of hydrogen-bond donors (Lipinski definition) is 1. The Hall–Kier alpha value is -1.93. The van der Waals surface area contributed by atoms with E-state index in [2.05, 4.69) is 5.10 Å². The molecule has 22 heavy (non-hydrogen) atoms. The minimum atomic E-state index is -1.65. The fourth-order valence-corrected chi connectivity index (χ4v) is 2.16. The summed E-state index contributed by atoms with van der Waals surface area (Å²) < 4.78 is 46.5. The Morgan fingerprint density at radius 3 is 2.50 bits per heavy atom. The van der Waals surface area contributed by atoms with Crippen molar-refractivity contribution in [3.8, 4) is 5.69 Å². The number of carbonyl (C=O) groups excluding carboxylic acids is 1. The third-order valence-electron chi connectivity index (χ3n) is 2.70. The van der Waals surface area contributed by atoms with Gasteiger partial charge in [-0.25, -0.2) is 22.6 Å². The Morgan fingerprint density at radius 2 is 1.91 bits per heavy atom. The number of anilines is 1. The summed E-state index contributed by atoms with van der Waals surface area (Å²) in [5, 5.41) is 1.69. The summed E-state index contributed by atoms with van der Waals surface area (Å²) in [4.78, 5) is 11.6. The minimum absolute atomic E-state index is 0.0722. The van der Waals surface area contributed by atoms with Gasteiger partial charge in [-0.15, -0.1) is 0 Å². The van der Waals surface area contributed by atoms with E-state index in [1.54, 1.807) is 6.92 Å². The largest absolute Gasteiger partial charge is 0.462 e. The van der Waals surface area contributed by atoms with E-state index >= 15 is 0 Å². The number of nitrogens with two attached hydrogens (primary N) is 1. The predicted molar refractivity (Wildman–Crippen MR) is 73.8 cm³/mol. The fraction of sp³-hybridized carbons (Fsp3) is 0.167. The molecule has 2 N–H and O–H groups in total. The van der Waals surface area contributed by atoms with Crippen LogP contribution in [-0.2, 0) is 4.74 Å². The van der Waals surface area contributed by atoms with Gasteiger partial charge in [0, 0.05) is 0 Å². The van der Waals surface area contributed by atoms with Crippen molar-refractivity contribution >= 4 is 35.0 Å². The zero-order valence-electron chi connectivity index (χ0n) is 11.0. The van der Waals surface area contributed by atoms with Gasteiger partial charge < -0.3 is 10.5 Å². The highest BCUT2D eigenvalue weighted by Gasteiger charge is 2.27. The van der Waals surface area contributed by atoms with Crippen LogP contribution < -0.4 is 5.73 Å². The summed E-state index contributed by atoms with van der Waals surface area (Å²) >= 11 is 10.9. The molecule has 1 heterocycles. The van der Waals surface area contributed by atoms with E-state index in [-0.39, 0.29) is 18.0 Å². The highest BCUT2D eigenvalue weighted by molar-refractivity contribution is 6.36. The lowest BCUT2D eigenvalue weighted by Gasteiger charge is -2.11. The summed E-state index contributed by atoms with van der Waals surface area (Å²) in [5.74, 6) is -5.78. The van der Waals surface area contributed by atoms with Crippen molar-refractivity contribution in [3.63, 3.8) is 0 Å². The molecule has 0 aliphatic rings. The van der Waals surface area contributed by atoms with Crippen molar-refractivity contribution in [2.75, 3.05) is 12.3 Å². The molecule has 2 rings (SSSR count). The molecule has 0 radical (unpaired) electrons. The summed E-state index contributed by atoms with van der Waals surface area (Å²) in [6.45, 7) is 1.64. The second-order valence-electron chi connectivity index (χ2n) is 3.99. The molecule has 2 aromatic rings. The number of nitrogens with zero attached hydrogens (tertiary/aromatic N) is 2. The quantitative estimate of drug-likeness (QED) is 0.521. The molecule has 0 amide bonds. The molecule has 0 atom stereocenters. The third kappa shape index (κ3) is 2.48. The van der Waals surface area contributed by atoms with Gasteiger partial charge in [0.15, 0.2) is 17.5 Å². The molecule has 0 fully saturated rings. The van der Waals surface area contributed by atoms with Crippen molar-refractivity contribution in [1.29, 1.82) is 0 Å². The molecular weight excluding hydrogens is 346 g/mol. The second kappa shape index (κ2) is 6.05. The van der Waals surface area contributed by atoms with Gasteiger partial charge in [-0.2, -0.15) is 5.10 Å². The molecule has 0 aliphatic heterocycles. The lowest BCUT2D eigenvalue weighted by Crippen LogP contribution is -2.11. The molecule has 0 saturated heterocycles. The van der Waals surface area contributed by atoms with Gasteiger partial charge in [0.25, 0.3) is 0 Å². The molecule has 10 heteroatoms. The maximum absolute atomic E-state index is 14.0. The maximum atomic E-state index is 14.0. The van der Waals surface area contributed by atoms with Crippen LogP contribution in [-0.4, -0.2) is 22.4 Å². The first kappa shape index (κ1) is 16.4. The fourth-order valence-electron chi connectivity index (χ4n) is 1.68. The number of carbonyl (C=O) groups is 1. The molecule has 0 spiro atoms. The van der Waals surface area contributed by atoms with Crippen LogP contribution in [0.2, 0.25) is 10.0 Å². The normalized spacial score (nSPS) is 10.8. The van der Waals surface area contributed by atoms with E-state index in [0.717, 1.165) is 6.20 Å². The predicted octanol–water partition coefficient (Wildman–Crippen LogP) is 3.36. The molecule has 0 saturated carbocycles. The number of benzene rings is 1. The lowest BCUT2D eigenvalue weighted by atomic mass is 10.2. The summed E-state index contributed by atoms with van der Waals surface area (Å²) in [7, 11) is 0. The Morgan fingerprint density at radius 1 is 1.27 bits per heavy atom. The first-order valence-corrected chi connectivity index (χ1v) is 6.59. The molecule has 0 unspecified atom stereocenters. The van der Waals surface area contributed by atoms with Gasteiger partial charge >= 0.3 is 5.97 Å². The third-order valence-corrected chi connectivity index (χ3v) is 3.38. The van der Waals surface area contributed by atoms with Crippen LogP contribution in [0, 0.1) is 17.5 Å². The molecule has 118 valence electrons. The number of rotatable bonds is 3. The van der Waals surface area contributed by atoms with E-state index in [1.807, 2.05) is 0 Å². The van der Waals surface area contributed by atoms with E-state index in [0.29, 0.717) is 4.68 Å². The topological polar surface area (TPSA) is 70.1 Å². The van der Waals surface area contributed by atoms with Crippen molar-refractivity contribution in [1.82, 2.24) is 9.78 Å². The molecule has 0 aliphatic carbocycles. The van der Waals surface area contributed by atoms with Gasteiger partial charge in [-0.1, -0.05) is 23.2 Å². The van der Waals surface area contributed by atoms with Crippen molar-refractivity contribution < 1.29 is 22.7 Å². The van der Waals surface area contributed by atoms with Crippen LogP contribution in [0.15, 0.2) is 6.20 Å². The van der Waals surface area contributed by atoms with Crippen LogP contribution in [0.3, 0.4) is 0 Å². The molecule has 1 aromatic heterocycles. The monoisotopic (exact) mass is 353 g/mol. The first-order chi connectivity index (χ1) is 10.3. The average molecular weight is 354 g/mol. The van der Waals surface area contributed by atoms with Crippen LogP contribution >= 0.6 is 23.2 Å². The molecular formula is C12H8Cl2F3N3O2. The minimum Gasteiger partial charge on any atom is -0.462 e. The Kier molecular flexibility index (Phi) is 4.52. The Bertz CT molecular complexity index is 736. The lowest BCUT2D eigenvalue weighted by molar-refractivity contribution is 0.0527. The number of ether oxygens (including phenoxy) is 1. The zero-order chi connectivity index (χ0) is 16.6. The van der Waals surface area contributed by atoms with E-state index in [4.69, 9.17) is 33.7 Å². The molecule has 0 bridgehead atoms. The number of hydrogen-bond acceptors (Lipinski definition) is 4. The van der Waals surface area contributed by atoms with E-state index in [9.17, 15) is 18.0 Å². The van der Waals surface area contributed by atoms with Crippen molar-refractivity contribution in [2.45, 2.75) is 6.92 Å². The maximum Gasteiger partial charge on any atom is 0.343 e. The summed E-state index contributed by atoms with van der Waals surface area (Å²) in [5.41, 5.74) is 4.64. The number of aromatic nitrogens is 2. The van der Waals surface area contributed by atoms with Gasteiger partial charge in [0.2, 0.25) is 0 Å². The number of halogens is 5. The SMILES string of the molecule is CCOC(=O)c1cnn(-c2c(F)c(F)c(Cl)c(F)c2Cl)c1N. The van der Waals surface area contributed by atoms with Crippen molar-refractivity contribution in [2.24, 2.45) is 0 Å². The average Bonchev–Trinajstić information content (AvgIpc) is 2.85. The zero-order valence-corrected chi connectivity index (χ0v) is 12.5. The van der Waals surface area contributed by atoms with Crippen molar-refractivity contribution in [3.05, 3.63) is 39.3 Å². The van der Waals surface area contributed by atoms with Crippen LogP contribution in [0.25, 0.3) is 5.69 Å². The highest BCUT2D eigenvalue weighted by Crippen LogP contribution is 2.35. The van der Waals surface area contributed by atoms with Gasteiger partial charge in [-0.3, -0.25) is 0 Å². The van der Waals surface area contributed by atoms with Crippen LogP contribution in [0.1, 0.15) is 17.3 Å². The van der Waals surface area contributed by atoms with E-state index < -0.39 is 39.2 Å². The number of esters is 1. The van der Waals surface area contributed by atoms with Gasteiger partial charge in [0.05, 0.1) is 12.8 Å². The van der Waals surface area contributed by atoms with E-state index in [1.165, 1.54) is 0 Å². The summed E-state index contributed by atoms with van der Waals surface area (Å²) in [6.07, 6.45) is 0.966. The Labute approximate surface area is 132 Å².